The van der Waals surface area contributed by atoms with E-state index in [9.17, 15) is 19.2 Å². The van der Waals surface area contributed by atoms with E-state index in [0.717, 1.165) is 15.3 Å². The summed E-state index contributed by atoms with van der Waals surface area (Å²) in [6.07, 6.45) is 0. The number of amides is 5. The third-order valence-corrected chi connectivity index (χ3v) is 5.54. The maximum atomic E-state index is 12.6. The van der Waals surface area contributed by atoms with Crippen molar-refractivity contribution in [3.05, 3.63) is 57.2 Å². The molecule has 5 amide bonds. The molecule has 2 aromatic rings. The minimum absolute atomic E-state index is 0.0138. The van der Waals surface area contributed by atoms with Gasteiger partial charge in [-0.15, -0.1) is 11.3 Å². The molecule has 1 aromatic heterocycles. The van der Waals surface area contributed by atoms with E-state index in [1.807, 2.05) is 12.1 Å². The molecule has 1 aliphatic heterocycles. The Morgan fingerprint density at radius 3 is 2.32 bits per heavy atom. The number of thiophene rings is 1. The van der Waals surface area contributed by atoms with Gasteiger partial charge in [-0.25, -0.2) is 9.69 Å². The van der Waals surface area contributed by atoms with Crippen molar-refractivity contribution in [1.82, 2.24) is 14.7 Å². The van der Waals surface area contributed by atoms with Crippen LogP contribution in [0.4, 0.5) is 4.79 Å². The fourth-order valence-electron chi connectivity index (χ4n) is 2.83. The van der Waals surface area contributed by atoms with Gasteiger partial charge < -0.3 is 4.90 Å². The topological polar surface area (TPSA) is 78.0 Å². The van der Waals surface area contributed by atoms with Gasteiger partial charge in [0.1, 0.15) is 6.54 Å². The smallest absolute Gasteiger partial charge is 0.335 e. The SMILES string of the molecule is CCN(Cc1ccc(Cl)s1)C(=O)CN1C(=O)C(=O)N(Cc2ccccc2)C1=O. The standard InChI is InChI=1S/C19H18ClN3O4S/c1-2-21(11-14-8-9-15(20)28-14)16(24)12-23-18(26)17(25)22(19(23)27)10-13-6-4-3-5-7-13/h3-9H,2,10-12H2,1H3. The summed E-state index contributed by atoms with van der Waals surface area (Å²) >= 11 is 7.27. The van der Waals surface area contributed by atoms with E-state index in [2.05, 4.69) is 0 Å². The number of hydrogen-bond donors (Lipinski definition) is 0. The Balaban J connectivity index is 1.68. The number of rotatable bonds is 7. The van der Waals surface area contributed by atoms with Gasteiger partial charge in [0.25, 0.3) is 0 Å². The molecule has 1 aromatic carbocycles. The van der Waals surface area contributed by atoms with Gasteiger partial charge in [0.2, 0.25) is 5.91 Å². The number of hydrogen-bond acceptors (Lipinski definition) is 5. The summed E-state index contributed by atoms with van der Waals surface area (Å²) < 4.78 is 0.616. The zero-order valence-electron chi connectivity index (χ0n) is 15.1. The van der Waals surface area contributed by atoms with Crippen LogP contribution in [0.1, 0.15) is 17.4 Å². The van der Waals surface area contributed by atoms with Crippen LogP contribution in [0.2, 0.25) is 4.34 Å². The second-order valence-electron chi connectivity index (χ2n) is 6.16. The highest BCUT2D eigenvalue weighted by Gasteiger charge is 2.45. The maximum absolute atomic E-state index is 12.6. The monoisotopic (exact) mass is 419 g/mol. The fourth-order valence-corrected chi connectivity index (χ4v) is 3.93. The minimum atomic E-state index is -0.982. The van der Waals surface area contributed by atoms with Crippen LogP contribution in [-0.4, -0.2) is 51.5 Å². The Labute approximate surface area is 171 Å². The molecule has 146 valence electrons. The summed E-state index contributed by atoms with van der Waals surface area (Å²) in [5.74, 6) is -2.32. The quantitative estimate of drug-likeness (QED) is 0.510. The summed E-state index contributed by atoms with van der Waals surface area (Å²) in [6, 6.07) is 11.7. The minimum Gasteiger partial charge on any atom is -0.336 e. The third-order valence-electron chi connectivity index (χ3n) is 4.32. The van der Waals surface area contributed by atoms with Crippen LogP contribution in [0.15, 0.2) is 42.5 Å². The van der Waals surface area contributed by atoms with Crippen LogP contribution < -0.4 is 0 Å². The number of likely N-dealkylation sites (N-methyl/N-ethyl adjacent to an activating group) is 1. The number of benzene rings is 1. The Morgan fingerprint density at radius 1 is 1.04 bits per heavy atom. The molecule has 1 fully saturated rings. The number of imide groups is 2. The summed E-state index contributed by atoms with van der Waals surface area (Å²) in [5.41, 5.74) is 0.718. The van der Waals surface area contributed by atoms with Crippen molar-refractivity contribution in [2.24, 2.45) is 0 Å². The first-order chi connectivity index (χ1) is 13.4. The van der Waals surface area contributed by atoms with Gasteiger partial charge in [-0.3, -0.25) is 19.3 Å². The molecule has 0 saturated carbocycles. The van der Waals surface area contributed by atoms with Crippen molar-refractivity contribution >= 4 is 46.7 Å². The van der Waals surface area contributed by atoms with Gasteiger partial charge in [-0.05, 0) is 24.6 Å². The molecule has 0 bridgehead atoms. The lowest BCUT2D eigenvalue weighted by molar-refractivity contribution is -0.145. The van der Waals surface area contributed by atoms with Crippen molar-refractivity contribution < 1.29 is 19.2 Å². The third kappa shape index (κ3) is 4.23. The van der Waals surface area contributed by atoms with Crippen molar-refractivity contribution in [2.45, 2.75) is 20.0 Å². The largest absolute Gasteiger partial charge is 0.336 e. The Hall–Kier alpha value is -2.71. The highest BCUT2D eigenvalue weighted by Crippen LogP contribution is 2.23. The van der Waals surface area contributed by atoms with Crippen LogP contribution in [0, 0.1) is 0 Å². The summed E-state index contributed by atoms with van der Waals surface area (Å²) in [7, 11) is 0. The molecule has 7 nitrogen and oxygen atoms in total. The average Bonchev–Trinajstić information content (AvgIpc) is 3.19. The van der Waals surface area contributed by atoms with Crippen molar-refractivity contribution in [2.75, 3.05) is 13.1 Å². The number of urea groups is 1. The first kappa shape index (κ1) is 20.0. The summed E-state index contributed by atoms with van der Waals surface area (Å²) in [4.78, 5) is 53.6. The van der Waals surface area contributed by atoms with Crippen molar-refractivity contribution in [3.8, 4) is 0 Å². The number of carbonyl (C=O) groups is 4. The molecule has 2 heterocycles. The van der Waals surface area contributed by atoms with Gasteiger partial charge in [-0.2, -0.15) is 0 Å². The first-order valence-corrected chi connectivity index (χ1v) is 9.83. The van der Waals surface area contributed by atoms with Gasteiger partial charge in [0.05, 0.1) is 17.4 Å². The summed E-state index contributed by atoms with van der Waals surface area (Å²) in [5, 5.41) is 0. The van der Waals surface area contributed by atoms with E-state index in [1.54, 1.807) is 37.3 Å². The molecule has 0 N–H and O–H groups in total. The molecular weight excluding hydrogens is 402 g/mol. The molecule has 0 unspecified atom stereocenters. The van der Waals surface area contributed by atoms with Crippen LogP contribution in [0.25, 0.3) is 0 Å². The molecule has 9 heteroatoms. The molecule has 0 aliphatic carbocycles. The highest BCUT2D eigenvalue weighted by molar-refractivity contribution is 7.16. The van der Waals surface area contributed by atoms with E-state index in [0.29, 0.717) is 22.3 Å². The van der Waals surface area contributed by atoms with E-state index < -0.39 is 30.3 Å². The Kier molecular flexibility index (Phi) is 6.11. The lowest BCUT2D eigenvalue weighted by Crippen LogP contribution is -2.43. The van der Waals surface area contributed by atoms with Crippen LogP contribution in [0.3, 0.4) is 0 Å². The van der Waals surface area contributed by atoms with Crippen LogP contribution in [0.5, 0.6) is 0 Å². The van der Waals surface area contributed by atoms with Gasteiger partial charge in [-0.1, -0.05) is 41.9 Å². The van der Waals surface area contributed by atoms with Crippen LogP contribution >= 0.6 is 22.9 Å². The molecule has 1 aliphatic rings. The first-order valence-electron chi connectivity index (χ1n) is 8.64. The maximum Gasteiger partial charge on any atom is 0.335 e. The molecule has 0 radical (unpaired) electrons. The van der Waals surface area contributed by atoms with E-state index in [1.165, 1.54) is 16.2 Å². The van der Waals surface area contributed by atoms with Gasteiger partial charge in [0.15, 0.2) is 0 Å². The van der Waals surface area contributed by atoms with Crippen molar-refractivity contribution in [1.29, 1.82) is 0 Å². The van der Waals surface area contributed by atoms with E-state index >= 15 is 0 Å². The zero-order valence-corrected chi connectivity index (χ0v) is 16.7. The Morgan fingerprint density at radius 2 is 1.71 bits per heavy atom. The number of nitrogens with zero attached hydrogens (tertiary/aromatic N) is 3. The highest BCUT2D eigenvalue weighted by atomic mass is 35.5. The van der Waals surface area contributed by atoms with E-state index in [-0.39, 0.29) is 6.54 Å². The molecule has 1 saturated heterocycles. The lowest BCUT2D eigenvalue weighted by atomic mass is 10.2. The van der Waals surface area contributed by atoms with Gasteiger partial charge >= 0.3 is 17.8 Å². The Bertz CT molecular complexity index is 915. The average molecular weight is 420 g/mol. The van der Waals surface area contributed by atoms with E-state index in [4.69, 9.17) is 11.6 Å². The number of carbonyl (C=O) groups excluding carboxylic acids is 4. The van der Waals surface area contributed by atoms with Crippen LogP contribution in [-0.2, 0) is 27.5 Å². The predicted octanol–water partition coefficient (Wildman–Crippen LogP) is 2.74. The normalized spacial score (nSPS) is 14.1. The second kappa shape index (κ2) is 8.53. The second-order valence-corrected chi connectivity index (χ2v) is 7.96. The van der Waals surface area contributed by atoms with Crippen molar-refractivity contribution in [3.63, 3.8) is 0 Å². The molecule has 0 atom stereocenters. The fraction of sp³-hybridized carbons (Fsp3) is 0.263. The molecular formula is C19H18ClN3O4S. The lowest BCUT2D eigenvalue weighted by Gasteiger charge is -2.22. The summed E-state index contributed by atoms with van der Waals surface area (Å²) in [6.45, 7) is 2.03. The predicted molar refractivity (Wildman–Crippen MR) is 105 cm³/mol. The zero-order chi connectivity index (χ0) is 20.3. The molecule has 3 rings (SSSR count). The molecule has 0 spiro atoms. The van der Waals surface area contributed by atoms with Gasteiger partial charge in [0, 0.05) is 11.4 Å². The number of halogens is 1. The molecule has 28 heavy (non-hydrogen) atoms.